The number of fused-ring (bicyclic) bond motifs is 1. The van der Waals surface area contributed by atoms with Crippen LogP contribution in [0.4, 0.5) is 5.69 Å². The fourth-order valence-corrected chi connectivity index (χ4v) is 2.67. The minimum Gasteiger partial charge on any atom is -0.317 e. The number of rotatable bonds is 3. The minimum absolute atomic E-state index is 0.226. The van der Waals surface area contributed by atoms with Crippen LogP contribution in [0.3, 0.4) is 0 Å². The second-order valence-corrected chi connectivity index (χ2v) is 5.46. The highest BCUT2D eigenvalue weighted by Crippen LogP contribution is 2.28. The van der Waals surface area contributed by atoms with Gasteiger partial charge in [-0.15, -0.1) is 0 Å². The number of amides is 1. The molecule has 118 valence electrons. The number of hydrogen-bond acceptors (Lipinski definition) is 3. The van der Waals surface area contributed by atoms with Crippen molar-refractivity contribution in [1.29, 1.82) is 0 Å². The zero-order valence-corrected chi connectivity index (χ0v) is 13.0. The summed E-state index contributed by atoms with van der Waals surface area (Å²) in [5.41, 5.74) is 4.35. The van der Waals surface area contributed by atoms with Crippen molar-refractivity contribution in [2.45, 2.75) is 6.92 Å². The first-order valence-corrected chi connectivity index (χ1v) is 7.58. The predicted octanol–water partition coefficient (Wildman–Crippen LogP) is 3.29. The van der Waals surface area contributed by atoms with Crippen molar-refractivity contribution in [2.75, 3.05) is 5.32 Å². The van der Waals surface area contributed by atoms with E-state index in [1.54, 1.807) is 10.6 Å². The summed E-state index contributed by atoms with van der Waals surface area (Å²) in [6.45, 7) is 1.88. The van der Waals surface area contributed by atoms with E-state index in [1.807, 2.05) is 61.7 Å². The van der Waals surface area contributed by atoms with Crippen LogP contribution >= 0.6 is 0 Å². The number of carbonyl (C=O) groups is 1. The summed E-state index contributed by atoms with van der Waals surface area (Å²) in [6.07, 6.45) is 3.39. The van der Waals surface area contributed by atoms with Crippen molar-refractivity contribution < 1.29 is 4.79 Å². The third-order valence-corrected chi connectivity index (χ3v) is 3.88. The fourth-order valence-electron chi connectivity index (χ4n) is 2.67. The molecule has 1 amide bonds. The number of pyridine rings is 1. The summed E-state index contributed by atoms with van der Waals surface area (Å²) in [5.74, 6) is -0.226. The number of nitrogens with one attached hydrogen (secondary N) is 2. The van der Waals surface area contributed by atoms with Gasteiger partial charge in [0.05, 0.1) is 17.6 Å². The predicted molar refractivity (Wildman–Crippen MR) is 91.9 cm³/mol. The Morgan fingerprint density at radius 1 is 1.12 bits per heavy atom. The molecule has 4 aromatic rings. The fraction of sp³-hybridized carbons (Fsp3) is 0.0556. The zero-order chi connectivity index (χ0) is 16.5. The number of anilines is 1. The molecule has 0 saturated carbocycles. The molecule has 6 heteroatoms. The van der Waals surface area contributed by atoms with Gasteiger partial charge in [-0.1, -0.05) is 36.4 Å². The molecule has 2 N–H and O–H groups in total. The Bertz CT molecular complexity index is 1020. The molecule has 0 aliphatic rings. The summed E-state index contributed by atoms with van der Waals surface area (Å²) >= 11 is 0. The number of aryl methyl sites for hydroxylation is 1. The van der Waals surface area contributed by atoms with Crippen molar-refractivity contribution in [3.8, 4) is 11.3 Å². The highest BCUT2D eigenvalue weighted by atomic mass is 16.2. The van der Waals surface area contributed by atoms with Crippen LogP contribution in [0.25, 0.3) is 16.9 Å². The van der Waals surface area contributed by atoms with Gasteiger partial charge < -0.3 is 5.32 Å². The number of H-pyrrole nitrogens is 1. The van der Waals surface area contributed by atoms with Crippen LogP contribution in [0.5, 0.6) is 0 Å². The van der Waals surface area contributed by atoms with E-state index < -0.39 is 0 Å². The van der Waals surface area contributed by atoms with Gasteiger partial charge in [0.25, 0.3) is 5.91 Å². The van der Waals surface area contributed by atoms with Crippen molar-refractivity contribution in [3.63, 3.8) is 0 Å². The van der Waals surface area contributed by atoms with E-state index in [-0.39, 0.29) is 5.91 Å². The molecular weight excluding hydrogens is 302 g/mol. The van der Waals surface area contributed by atoms with Gasteiger partial charge in [-0.3, -0.25) is 14.3 Å². The van der Waals surface area contributed by atoms with Crippen LogP contribution in [0.15, 0.2) is 60.9 Å². The van der Waals surface area contributed by atoms with Crippen LogP contribution in [0.2, 0.25) is 0 Å². The normalized spacial score (nSPS) is 10.9. The Labute approximate surface area is 138 Å². The van der Waals surface area contributed by atoms with Crippen molar-refractivity contribution in [3.05, 3.63) is 72.3 Å². The van der Waals surface area contributed by atoms with Gasteiger partial charge in [0.2, 0.25) is 0 Å². The van der Waals surface area contributed by atoms with E-state index in [0.29, 0.717) is 11.4 Å². The van der Waals surface area contributed by atoms with Gasteiger partial charge in [-0.25, -0.2) is 4.98 Å². The van der Waals surface area contributed by atoms with Crippen LogP contribution in [-0.2, 0) is 0 Å². The largest absolute Gasteiger partial charge is 0.317 e. The van der Waals surface area contributed by atoms with Crippen LogP contribution in [0, 0.1) is 6.92 Å². The lowest BCUT2D eigenvalue weighted by atomic mass is 10.1. The number of benzene rings is 1. The van der Waals surface area contributed by atoms with Gasteiger partial charge in [0.1, 0.15) is 17.0 Å². The molecule has 0 spiro atoms. The summed E-state index contributed by atoms with van der Waals surface area (Å²) < 4.78 is 1.76. The Kier molecular flexibility index (Phi) is 3.35. The standard InChI is InChI=1S/C18H15N5O/c1-12-16(17(22-21-12)13-7-3-2-4-8-13)20-18(24)14-11-19-15-9-5-6-10-23(14)15/h2-11H,1H3,(H,20,24)(H,21,22). The topological polar surface area (TPSA) is 75.1 Å². The summed E-state index contributed by atoms with van der Waals surface area (Å²) in [5, 5.41) is 10.2. The molecule has 4 rings (SSSR count). The molecule has 0 fully saturated rings. The molecule has 0 saturated heterocycles. The molecule has 0 unspecified atom stereocenters. The van der Waals surface area contributed by atoms with Gasteiger partial charge in [-0.05, 0) is 19.1 Å². The molecule has 1 aromatic carbocycles. The van der Waals surface area contributed by atoms with Gasteiger partial charge >= 0.3 is 0 Å². The van der Waals surface area contributed by atoms with Crippen molar-refractivity contribution in [1.82, 2.24) is 19.6 Å². The summed E-state index contributed by atoms with van der Waals surface area (Å²) in [6, 6.07) is 15.3. The second kappa shape index (κ2) is 5.66. The maximum Gasteiger partial charge on any atom is 0.274 e. The average Bonchev–Trinajstić information content (AvgIpc) is 3.20. The summed E-state index contributed by atoms with van der Waals surface area (Å²) in [7, 11) is 0. The van der Waals surface area contributed by atoms with E-state index in [4.69, 9.17) is 0 Å². The Balaban J connectivity index is 1.71. The average molecular weight is 317 g/mol. The van der Waals surface area contributed by atoms with E-state index in [9.17, 15) is 4.79 Å². The molecule has 3 aromatic heterocycles. The number of nitrogens with zero attached hydrogens (tertiary/aromatic N) is 3. The first kappa shape index (κ1) is 14.2. The number of carbonyl (C=O) groups excluding carboxylic acids is 1. The molecule has 0 aliphatic carbocycles. The maximum atomic E-state index is 12.7. The smallest absolute Gasteiger partial charge is 0.274 e. The Morgan fingerprint density at radius 3 is 2.75 bits per heavy atom. The molecule has 0 radical (unpaired) electrons. The maximum absolute atomic E-state index is 12.7. The monoisotopic (exact) mass is 317 g/mol. The quantitative estimate of drug-likeness (QED) is 0.609. The van der Waals surface area contributed by atoms with Gasteiger partial charge in [0, 0.05) is 11.8 Å². The van der Waals surface area contributed by atoms with Crippen LogP contribution in [0.1, 0.15) is 16.2 Å². The minimum atomic E-state index is -0.226. The number of aromatic amines is 1. The van der Waals surface area contributed by atoms with Crippen LogP contribution < -0.4 is 5.32 Å². The Morgan fingerprint density at radius 2 is 1.92 bits per heavy atom. The molecule has 0 bridgehead atoms. The number of hydrogen-bond donors (Lipinski definition) is 2. The van der Waals surface area contributed by atoms with E-state index in [0.717, 1.165) is 22.6 Å². The SMILES string of the molecule is Cc1[nH]nc(-c2ccccc2)c1NC(=O)c1cnc2ccccn12. The van der Waals surface area contributed by atoms with E-state index >= 15 is 0 Å². The van der Waals surface area contributed by atoms with Gasteiger partial charge in [-0.2, -0.15) is 5.10 Å². The first-order valence-electron chi connectivity index (χ1n) is 7.58. The molecular formula is C18H15N5O. The lowest BCUT2D eigenvalue weighted by Gasteiger charge is -2.07. The first-order chi connectivity index (χ1) is 11.7. The molecule has 0 aliphatic heterocycles. The lowest BCUT2D eigenvalue weighted by molar-refractivity contribution is 0.102. The van der Waals surface area contributed by atoms with Gasteiger partial charge in [0.15, 0.2) is 0 Å². The molecule has 0 atom stereocenters. The van der Waals surface area contributed by atoms with Crippen molar-refractivity contribution in [2.24, 2.45) is 0 Å². The highest BCUT2D eigenvalue weighted by molar-refractivity contribution is 6.05. The second-order valence-electron chi connectivity index (χ2n) is 5.46. The Hall–Kier alpha value is -3.41. The van der Waals surface area contributed by atoms with E-state index in [2.05, 4.69) is 20.5 Å². The van der Waals surface area contributed by atoms with Crippen molar-refractivity contribution >= 4 is 17.2 Å². The summed E-state index contributed by atoms with van der Waals surface area (Å²) in [4.78, 5) is 17.0. The molecule has 3 heterocycles. The number of imidazole rings is 1. The zero-order valence-electron chi connectivity index (χ0n) is 13.0. The lowest BCUT2D eigenvalue weighted by Crippen LogP contribution is -2.15. The van der Waals surface area contributed by atoms with E-state index in [1.165, 1.54) is 0 Å². The number of aromatic nitrogens is 4. The third-order valence-electron chi connectivity index (χ3n) is 3.88. The molecule has 24 heavy (non-hydrogen) atoms. The molecule has 6 nitrogen and oxygen atoms in total. The highest BCUT2D eigenvalue weighted by Gasteiger charge is 2.18. The van der Waals surface area contributed by atoms with Crippen LogP contribution in [-0.4, -0.2) is 25.5 Å². The third kappa shape index (κ3) is 2.34.